The van der Waals surface area contributed by atoms with E-state index in [4.69, 9.17) is 0 Å². The van der Waals surface area contributed by atoms with Gasteiger partial charge in [0.15, 0.2) is 0 Å². The van der Waals surface area contributed by atoms with Crippen molar-refractivity contribution in [2.75, 3.05) is 0 Å². The number of carbonyl (C=O) groups excluding carboxylic acids is 1. The van der Waals surface area contributed by atoms with Crippen LogP contribution in [0.25, 0.3) is 5.69 Å². The van der Waals surface area contributed by atoms with Gasteiger partial charge in [-0.3, -0.25) is 14.9 Å². The molecular formula is C24H26N4O3. The van der Waals surface area contributed by atoms with Gasteiger partial charge in [-0.15, -0.1) is 0 Å². The summed E-state index contributed by atoms with van der Waals surface area (Å²) >= 11 is 0. The first kappa shape index (κ1) is 22.0. The Bertz CT molecular complexity index is 1140. The van der Waals surface area contributed by atoms with Gasteiger partial charge in [0.05, 0.1) is 11.1 Å². The second-order valence-electron chi connectivity index (χ2n) is 8.46. The minimum absolute atomic E-state index is 0.0666. The molecule has 7 heteroatoms. The van der Waals surface area contributed by atoms with Crippen LogP contribution in [-0.2, 0) is 5.41 Å². The number of non-ortho nitro benzene ring substituents is 1. The van der Waals surface area contributed by atoms with Crippen molar-refractivity contribution in [3.05, 3.63) is 92.8 Å². The van der Waals surface area contributed by atoms with E-state index in [1.807, 2.05) is 19.9 Å². The number of rotatable bonds is 5. The Morgan fingerprint density at radius 3 is 2.23 bits per heavy atom. The molecule has 2 aromatic carbocycles. The largest absolute Gasteiger partial charge is 0.318 e. The molecule has 0 fully saturated rings. The van der Waals surface area contributed by atoms with E-state index >= 15 is 0 Å². The van der Waals surface area contributed by atoms with Crippen molar-refractivity contribution in [1.82, 2.24) is 9.99 Å². The third-order valence-electron chi connectivity index (χ3n) is 5.17. The first-order valence-corrected chi connectivity index (χ1v) is 9.95. The van der Waals surface area contributed by atoms with E-state index in [9.17, 15) is 14.9 Å². The van der Waals surface area contributed by atoms with Crippen LogP contribution in [0.5, 0.6) is 0 Å². The van der Waals surface area contributed by atoms with Crippen LogP contribution in [0.4, 0.5) is 5.69 Å². The normalized spacial score (nSPS) is 11.6. The summed E-state index contributed by atoms with van der Waals surface area (Å²) in [6.07, 6.45) is 1.60. The zero-order valence-electron chi connectivity index (χ0n) is 18.3. The number of aryl methyl sites for hydroxylation is 1. The molecular weight excluding hydrogens is 392 g/mol. The minimum Gasteiger partial charge on any atom is -0.318 e. The van der Waals surface area contributed by atoms with Crippen LogP contribution >= 0.6 is 0 Å². The molecule has 0 bridgehead atoms. The molecule has 0 spiro atoms. The monoisotopic (exact) mass is 418 g/mol. The Morgan fingerprint density at radius 1 is 1.06 bits per heavy atom. The lowest BCUT2D eigenvalue weighted by Gasteiger charge is -2.20. The molecule has 0 atom stereocenters. The smallest absolute Gasteiger partial charge is 0.271 e. The van der Waals surface area contributed by atoms with E-state index in [2.05, 4.69) is 60.1 Å². The zero-order valence-corrected chi connectivity index (χ0v) is 18.3. The second kappa shape index (κ2) is 8.55. The van der Waals surface area contributed by atoms with Gasteiger partial charge in [0.2, 0.25) is 0 Å². The summed E-state index contributed by atoms with van der Waals surface area (Å²) in [5, 5.41) is 14.8. The van der Waals surface area contributed by atoms with E-state index < -0.39 is 10.8 Å². The Kier molecular flexibility index (Phi) is 6.06. The highest BCUT2D eigenvalue weighted by Crippen LogP contribution is 2.25. The average Bonchev–Trinajstić information content (AvgIpc) is 3.00. The van der Waals surface area contributed by atoms with Crippen molar-refractivity contribution in [3.8, 4) is 5.69 Å². The second-order valence-corrected chi connectivity index (χ2v) is 8.46. The molecule has 7 nitrogen and oxygen atoms in total. The van der Waals surface area contributed by atoms with Crippen LogP contribution in [0.3, 0.4) is 0 Å². The molecule has 0 unspecified atom stereocenters. The van der Waals surface area contributed by atoms with E-state index in [0.29, 0.717) is 5.56 Å². The van der Waals surface area contributed by atoms with E-state index in [-0.39, 0.29) is 11.1 Å². The SMILES string of the molecule is Cc1cc(/C=N\NC(=O)c2ccc([N+](=O)[O-])cc2)c(C)n1-c1ccc(C(C)(C)C)cc1. The lowest BCUT2D eigenvalue weighted by atomic mass is 9.87. The van der Waals surface area contributed by atoms with Gasteiger partial charge in [-0.2, -0.15) is 5.10 Å². The number of nitrogens with zero attached hydrogens (tertiary/aromatic N) is 3. The van der Waals surface area contributed by atoms with Gasteiger partial charge in [0.25, 0.3) is 11.6 Å². The van der Waals surface area contributed by atoms with E-state index in [1.54, 1.807) is 6.21 Å². The maximum atomic E-state index is 12.2. The molecule has 31 heavy (non-hydrogen) atoms. The van der Waals surface area contributed by atoms with Crippen LogP contribution in [0.15, 0.2) is 59.7 Å². The highest BCUT2D eigenvalue weighted by atomic mass is 16.6. The summed E-state index contributed by atoms with van der Waals surface area (Å²) < 4.78 is 2.14. The van der Waals surface area contributed by atoms with E-state index in [1.165, 1.54) is 29.8 Å². The fourth-order valence-corrected chi connectivity index (χ4v) is 3.39. The molecule has 0 saturated heterocycles. The van der Waals surface area contributed by atoms with Crippen LogP contribution in [0.2, 0.25) is 0 Å². The fourth-order valence-electron chi connectivity index (χ4n) is 3.39. The molecule has 1 N–H and O–H groups in total. The highest BCUT2D eigenvalue weighted by Gasteiger charge is 2.15. The third kappa shape index (κ3) is 4.88. The lowest BCUT2D eigenvalue weighted by molar-refractivity contribution is -0.384. The Hall–Kier alpha value is -3.74. The standard InChI is InChI=1S/C24H26N4O3/c1-16-14-19(15-25-26-23(29)18-6-10-22(11-7-18)28(30)31)17(2)27(16)21-12-8-20(9-13-21)24(3,4)5/h6-15H,1-5H3,(H,26,29)/b25-15-. The number of amides is 1. The molecule has 0 aliphatic carbocycles. The van der Waals surface area contributed by atoms with Crippen LogP contribution in [0.1, 0.15) is 53.6 Å². The van der Waals surface area contributed by atoms with Gasteiger partial charge >= 0.3 is 0 Å². The molecule has 3 aromatic rings. The molecule has 0 aliphatic heterocycles. The predicted molar refractivity (Wildman–Crippen MR) is 122 cm³/mol. The number of benzene rings is 2. The van der Waals surface area contributed by atoms with Crippen LogP contribution in [-0.4, -0.2) is 21.6 Å². The van der Waals surface area contributed by atoms with Crippen molar-refractivity contribution in [2.45, 2.75) is 40.0 Å². The van der Waals surface area contributed by atoms with Gasteiger partial charge in [-0.05, 0) is 55.2 Å². The maximum Gasteiger partial charge on any atom is 0.271 e. The summed E-state index contributed by atoms with van der Waals surface area (Å²) in [5.41, 5.74) is 8.09. The van der Waals surface area contributed by atoms with E-state index in [0.717, 1.165) is 22.6 Å². The summed E-state index contributed by atoms with van der Waals surface area (Å²) in [4.78, 5) is 22.4. The Balaban J connectivity index is 1.75. The summed E-state index contributed by atoms with van der Waals surface area (Å²) in [7, 11) is 0. The topological polar surface area (TPSA) is 89.5 Å². The van der Waals surface area contributed by atoms with Crippen molar-refractivity contribution in [2.24, 2.45) is 5.10 Å². The Morgan fingerprint density at radius 2 is 1.68 bits per heavy atom. The molecule has 1 amide bonds. The number of hydrogen-bond acceptors (Lipinski definition) is 4. The number of aromatic nitrogens is 1. The first-order valence-electron chi connectivity index (χ1n) is 9.95. The van der Waals surface area contributed by atoms with Gasteiger partial charge in [0, 0.05) is 40.3 Å². The molecule has 0 saturated carbocycles. The Labute approximate surface area is 181 Å². The molecule has 1 aromatic heterocycles. The number of nitro groups is 1. The third-order valence-corrected chi connectivity index (χ3v) is 5.17. The molecule has 3 rings (SSSR count). The summed E-state index contributed by atoms with van der Waals surface area (Å²) in [6.45, 7) is 10.6. The molecule has 160 valence electrons. The average molecular weight is 418 g/mol. The maximum absolute atomic E-state index is 12.2. The summed E-state index contributed by atoms with van der Waals surface area (Å²) in [6, 6.07) is 15.9. The van der Waals surface area contributed by atoms with Crippen molar-refractivity contribution >= 4 is 17.8 Å². The molecule has 0 radical (unpaired) electrons. The first-order chi connectivity index (χ1) is 14.6. The molecule has 0 aliphatic rings. The zero-order chi connectivity index (χ0) is 22.8. The van der Waals surface area contributed by atoms with Crippen molar-refractivity contribution < 1.29 is 9.72 Å². The molecule has 1 heterocycles. The fraction of sp³-hybridized carbons (Fsp3) is 0.250. The van der Waals surface area contributed by atoms with Gasteiger partial charge in [-0.1, -0.05) is 32.9 Å². The number of hydrazone groups is 1. The van der Waals surface area contributed by atoms with Gasteiger partial charge < -0.3 is 4.57 Å². The predicted octanol–water partition coefficient (Wildman–Crippen LogP) is 5.06. The quantitative estimate of drug-likeness (QED) is 0.357. The summed E-state index contributed by atoms with van der Waals surface area (Å²) in [5.74, 6) is -0.433. The number of nitro benzene ring substituents is 1. The van der Waals surface area contributed by atoms with Crippen molar-refractivity contribution in [1.29, 1.82) is 0 Å². The van der Waals surface area contributed by atoms with Crippen LogP contribution < -0.4 is 5.43 Å². The number of hydrogen-bond donors (Lipinski definition) is 1. The number of carbonyl (C=O) groups is 1. The van der Waals surface area contributed by atoms with Gasteiger partial charge in [-0.25, -0.2) is 5.43 Å². The highest BCUT2D eigenvalue weighted by molar-refractivity contribution is 5.95. The minimum atomic E-state index is -0.508. The lowest BCUT2D eigenvalue weighted by Crippen LogP contribution is -2.17. The number of nitrogens with one attached hydrogen (secondary N) is 1. The van der Waals surface area contributed by atoms with Gasteiger partial charge in [0.1, 0.15) is 0 Å². The van der Waals surface area contributed by atoms with Crippen LogP contribution in [0, 0.1) is 24.0 Å². The van der Waals surface area contributed by atoms with Crippen molar-refractivity contribution in [3.63, 3.8) is 0 Å².